The Balaban J connectivity index is 1.73. The van der Waals surface area contributed by atoms with E-state index in [9.17, 15) is 14.0 Å². The minimum Gasteiger partial charge on any atom is -0.349 e. The molecule has 2 amide bonds. The van der Waals surface area contributed by atoms with Crippen LogP contribution in [0.3, 0.4) is 0 Å². The van der Waals surface area contributed by atoms with Crippen molar-refractivity contribution in [3.05, 3.63) is 94.2 Å². The first-order valence-corrected chi connectivity index (χ1v) is 12.4. The normalized spacial score (nSPS) is 12.2. The zero-order valence-corrected chi connectivity index (χ0v) is 22.4. The van der Waals surface area contributed by atoms with Crippen molar-refractivity contribution < 1.29 is 14.0 Å². The van der Waals surface area contributed by atoms with Crippen molar-refractivity contribution in [2.24, 2.45) is 0 Å². The first kappa shape index (κ1) is 27.2. The van der Waals surface area contributed by atoms with Gasteiger partial charge in [0, 0.05) is 26.8 Å². The van der Waals surface area contributed by atoms with Gasteiger partial charge in [0.25, 0.3) is 5.91 Å². The van der Waals surface area contributed by atoms with Crippen LogP contribution in [0, 0.1) is 5.82 Å². The first-order valence-electron chi connectivity index (χ1n) is 11.7. The fraction of sp³-hybridized carbons (Fsp3) is 0.222. The van der Waals surface area contributed by atoms with Crippen molar-refractivity contribution in [3.63, 3.8) is 0 Å². The Labute approximate surface area is 229 Å². The maximum absolute atomic E-state index is 13.8. The highest BCUT2D eigenvalue weighted by Crippen LogP contribution is 2.30. The Morgan fingerprint density at radius 2 is 1.53 bits per heavy atom. The standard InChI is InChI=1S/C27H25Cl2FN6O2/c1-27(2,3)31-26(38)24(17-6-12-21(30)13-7-17)36(22-14-10-20(29)11-15-22)23(37)16-35-33-25(32-34-35)18-4-8-19(28)9-5-18/h4-15,24H,16H2,1-3H3,(H,31,38). The topological polar surface area (TPSA) is 93.0 Å². The van der Waals surface area contributed by atoms with Crippen molar-refractivity contribution in [3.8, 4) is 11.4 Å². The molecule has 0 spiro atoms. The zero-order valence-electron chi connectivity index (χ0n) is 20.9. The number of halogens is 3. The predicted molar refractivity (Wildman–Crippen MR) is 144 cm³/mol. The molecule has 11 heteroatoms. The average Bonchev–Trinajstić information content (AvgIpc) is 3.31. The van der Waals surface area contributed by atoms with E-state index in [0.717, 1.165) is 4.80 Å². The lowest BCUT2D eigenvalue weighted by molar-refractivity contribution is -0.128. The van der Waals surface area contributed by atoms with Gasteiger partial charge in [-0.1, -0.05) is 35.3 Å². The Hall–Kier alpha value is -3.82. The van der Waals surface area contributed by atoms with Gasteiger partial charge in [0.1, 0.15) is 18.4 Å². The molecule has 0 aliphatic heterocycles. The van der Waals surface area contributed by atoms with Crippen LogP contribution in [0.5, 0.6) is 0 Å². The average molecular weight is 555 g/mol. The molecular formula is C27H25Cl2FN6O2. The van der Waals surface area contributed by atoms with E-state index >= 15 is 0 Å². The van der Waals surface area contributed by atoms with E-state index in [2.05, 4.69) is 20.7 Å². The molecule has 1 N–H and O–H groups in total. The van der Waals surface area contributed by atoms with E-state index < -0.39 is 29.2 Å². The maximum atomic E-state index is 13.8. The second kappa shape index (κ2) is 11.3. The first-order chi connectivity index (χ1) is 18.0. The third-order valence-corrected chi connectivity index (χ3v) is 5.90. The Morgan fingerprint density at radius 1 is 0.947 bits per heavy atom. The number of carbonyl (C=O) groups excluding carboxylic acids is 2. The second-order valence-corrected chi connectivity index (χ2v) is 10.5. The minimum atomic E-state index is -1.12. The Morgan fingerprint density at radius 3 is 2.11 bits per heavy atom. The van der Waals surface area contributed by atoms with Gasteiger partial charge in [-0.05, 0) is 92.2 Å². The molecule has 0 bridgehead atoms. The van der Waals surface area contributed by atoms with Crippen molar-refractivity contribution in [2.45, 2.75) is 38.9 Å². The number of benzene rings is 3. The summed E-state index contributed by atoms with van der Waals surface area (Å²) in [5.41, 5.74) is 0.919. The quantitative estimate of drug-likeness (QED) is 0.326. The molecule has 0 radical (unpaired) electrons. The van der Waals surface area contributed by atoms with Crippen LogP contribution in [0.25, 0.3) is 11.4 Å². The molecule has 0 fully saturated rings. The van der Waals surface area contributed by atoms with E-state index in [4.69, 9.17) is 23.2 Å². The molecule has 1 unspecified atom stereocenters. The van der Waals surface area contributed by atoms with Gasteiger partial charge in [0.15, 0.2) is 0 Å². The van der Waals surface area contributed by atoms with Crippen LogP contribution < -0.4 is 10.2 Å². The number of anilines is 1. The SMILES string of the molecule is CC(C)(C)NC(=O)C(c1ccc(F)cc1)N(C(=O)Cn1nnc(-c2ccc(Cl)cc2)n1)c1ccc(Cl)cc1. The molecule has 4 aromatic rings. The van der Waals surface area contributed by atoms with Gasteiger partial charge in [-0.2, -0.15) is 4.80 Å². The number of hydrogen-bond donors (Lipinski definition) is 1. The Bertz CT molecular complexity index is 1420. The van der Waals surface area contributed by atoms with Gasteiger partial charge in [-0.25, -0.2) is 4.39 Å². The number of nitrogens with zero attached hydrogens (tertiary/aromatic N) is 5. The minimum absolute atomic E-state index is 0.313. The van der Waals surface area contributed by atoms with Gasteiger partial charge < -0.3 is 5.32 Å². The third-order valence-electron chi connectivity index (χ3n) is 5.40. The summed E-state index contributed by atoms with van der Waals surface area (Å²) < 4.78 is 13.8. The molecule has 1 aromatic heterocycles. The van der Waals surface area contributed by atoms with E-state index in [-0.39, 0.29) is 6.54 Å². The summed E-state index contributed by atoms with van der Waals surface area (Å²) in [5, 5.41) is 16.3. The predicted octanol–water partition coefficient (Wildman–Crippen LogP) is 5.48. The maximum Gasteiger partial charge on any atom is 0.251 e. The molecule has 0 aliphatic carbocycles. The van der Waals surface area contributed by atoms with Crippen molar-refractivity contribution in [2.75, 3.05) is 4.90 Å². The number of hydrogen-bond acceptors (Lipinski definition) is 5. The molecule has 196 valence electrons. The molecule has 0 aliphatic rings. The van der Waals surface area contributed by atoms with Crippen molar-refractivity contribution in [1.29, 1.82) is 0 Å². The van der Waals surface area contributed by atoms with Gasteiger partial charge in [0.05, 0.1) is 0 Å². The third kappa shape index (κ3) is 6.73. The molecule has 4 rings (SSSR count). The van der Waals surface area contributed by atoms with Crippen LogP contribution in [0.1, 0.15) is 32.4 Å². The fourth-order valence-electron chi connectivity index (χ4n) is 3.76. The molecule has 3 aromatic carbocycles. The summed E-state index contributed by atoms with van der Waals surface area (Å²) >= 11 is 12.1. The summed E-state index contributed by atoms with van der Waals surface area (Å²) in [6.45, 7) is 5.18. The van der Waals surface area contributed by atoms with Gasteiger partial charge >= 0.3 is 0 Å². The summed E-state index contributed by atoms with van der Waals surface area (Å²) in [4.78, 5) is 29.9. The van der Waals surface area contributed by atoms with E-state index in [0.29, 0.717) is 32.7 Å². The number of carbonyl (C=O) groups is 2. The summed E-state index contributed by atoms with van der Waals surface area (Å²) in [5.74, 6) is -1.09. The smallest absolute Gasteiger partial charge is 0.251 e. The van der Waals surface area contributed by atoms with Crippen molar-refractivity contribution in [1.82, 2.24) is 25.5 Å². The zero-order chi connectivity index (χ0) is 27.4. The second-order valence-electron chi connectivity index (χ2n) is 9.58. The van der Waals surface area contributed by atoms with Crippen LogP contribution in [0.4, 0.5) is 10.1 Å². The fourth-order valence-corrected chi connectivity index (χ4v) is 4.01. The number of aromatic nitrogens is 4. The van der Waals surface area contributed by atoms with Gasteiger partial charge in [0.2, 0.25) is 11.7 Å². The summed E-state index contributed by atoms with van der Waals surface area (Å²) in [6, 6.07) is 17.7. The number of tetrazole rings is 1. The molecule has 38 heavy (non-hydrogen) atoms. The molecule has 1 heterocycles. The van der Waals surface area contributed by atoms with Crippen LogP contribution in [0.15, 0.2) is 72.8 Å². The van der Waals surface area contributed by atoms with Crippen LogP contribution >= 0.6 is 23.2 Å². The van der Waals surface area contributed by atoms with Crippen LogP contribution in [-0.4, -0.2) is 37.6 Å². The highest BCUT2D eigenvalue weighted by molar-refractivity contribution is 6.31. The molecule has 0 saturated heterocycles. The number of nitrogens with one attached hydrogen (secondary N) is 1. The summed E-state index contributed by atoms with van der Waals surface area (Å²) in [6.07, 6.45) is 0. The largest absolute Gasteiger partial charge is 0.349 e. The van der Waals surface area contributed by atoms with E-state index in [1.807, 2.05) is 20.8 Å². The van der Waals surface area contributed by atoms with Crippen LogP contribution in [-0.2, 0) is 16.1 Å². The lowest BCUT2D eigenvalue weighted by atomic mass is 10.0. The monoisotopic (exact) mass is 554 g/mol. The summed E-state index contributed by atoms with van der Waals surface area (Å²) in [7, 11) is 0. The van der Waals surface area contributed by atoms with Crippen LogP contribution in [0.2, 0.25) is 10.0 Å². The molecular weight excluding hydrogens is 530 g/mol. The molecule has 8 nitrogen and oxygen atoms in total. The van der Waals surface area contributed by atoms with Gasteiger partial charge in [-0.15, -0.1) is 10.2 Å². The Kier molecular flexibility index (Phi) is 8.08. The van der Waals surface area contributed by atoms with E-state index in [1.165, 1.54) is 29.2 Å². The highest BCUT2D eigenvalue weighted by atomic mass is 35.5. The molecule has 1 atom stereocenters. The number of rotatable bonds is 7. The van der Waals surface area contributed by atoms with Gasteiger partial charge in [-0.3, -0.25) is 14.5 Å². The van der Waals surface area contributed by atoms with E-state index in [1.54, 1.807) is 48.5 Å². The molecule has 0 saturated carbocycles. The lowest BCUT2D eigenvalue weighted by Gasteiger charge is -2.33. The number of amides is 2. The highest BCUT2D eigenvalue weighted by Gasteiger charge is 2.35. The lowest BCUT2D eigenvalue weighted by Crippen LogP contribution is -2.50. The van der Waals surface area contributed by atoms with Crippen molar-refractivity contribution >= 4 is 40.7 Å².